The minimum atomic E-state index is -0.807. The largest absolute Gasteiger partial charge is 0.496 e. The van der Waals surface area contributed by atoms with E-state index in [2.05, 4.69) is 0 Å². The van der Waals surface area contributed by atoms with Gasteiger partial charge in [-0.2, -0.15) is 0 Å². The molecule has 2 aromatic rings. The third kappa shape index (κ3) is 3.17. The number of nitro benzene ring substituents is 1. The molecular formula is C18H16ClNO5. The lowest BCUT2D eigenvalue weighted by atomic mass is 9.64. The molecule has 0 aromatic heterocycles. The second-order valence-electron chi connectivity index (χ2n) is 5.93. The van der Waals surface area contributed by atoms with Gasteiger partial charge in [0.25, 0.3) is 0 Å². The zero-order valence-corrected chi connectivity index (χ0v) is 14.3. The number of carbonyl (C=O) groups excluding carboxylic acids is 1. The summed E-state index contributed by atoms with van der Waals surface area (Å²) in [6.07, 6.45) is 2.12. The highest BCUT2D eigenvalue weighted by Crippen LogP contribution is 2.46. The number of ether oxygens (including phenoxy) is 2. The maximum atomic E-state index is 12.8. The summed E-state index contributed by atoms with van der Waals surface area (Å²) in [7, 11) is 1.41. The van der Waals surface area contributed by atoms with Crippen LogP contribution in [0.15, 0.2) is 42.5 Å². The smallest absolute Gasteiger partial charge is 0.322 e. The highest BCUT2D eigenvalue weighted by atomic mass is 35.5. The van der Waals surface area contributed by atoms with E-state index in [9.17, 15) is 14.9 Å². The number of hydrogen-bond acceptors (Lipinski definition) is 5. The van der Waals surface area contributed by atoms with Crippen LogP contribution >= 0.6 is 11.6 Å². The van der Waals surface area contributed by atoms with E-state index in [1.807, 2.05) is 6.07 Å². The molecule has 2 aromatic carbocycles. The molecule has 0 bridgehead atoms. The van der Waals surface area contributed by atoms with Gasteiger partial charge in [0.05, 0.1) is 23.5 Å². The maximum absolute atomic E-state index is 12.8. The van der Waals surface area contributed by atoms with Crippen LogP contribution in [0.25, 0.3) is 0 Å². The zero-order chi connectivity index (χ0) is 18.0. The summed E-state index contributed by atoms with van der Waals surface area (Å²) in [5, 5.41) is 11.8. The SMILES string of the molecule is COc1ccc(OC(=O)C2(c3cccc(Cl)c3)CCC2)c([N+](=O)[O-])c1. The summed E-state index contributed by atoms with van der Waals surface area (Å²) in [6, 6.07) is 11.2. The number of hydrogen-bond donors (Lipinski definition) is 0. The summed E-state index contributed by atoms with van der Waals surface area (Å²) >= 11 is 6.04. The van der Waals surface area contributed by atoms with E-state index in [1.54, 1.807) is 18.2 Å². The number of nitro groups is 1. The van der Waals surface area contributed by atoms with Gasteiger partial charge >= 0.3 is 11.7 Å². The van der Waals surface area contributed by atoms with Gasteiger partial charge in [-0.3, -0.25) is 14.9 Å². The number of esters is 1. The molecule has 0 aliphatic heterocycles. The fraction of sp³-hybridized carbons (Fsp3) is 0.278. The molecule has 3 rings (SSSR count). The number of rotatable bonds is 5. The van der Waals surface area contributed by atoms with Crippen molar-refractivity contribution in [3.05, 3.63) is 63.2 Å². The van der Waals surface area contributed by atoms with Gasteiger partial charge in [-0.1, -0.05) is 30.2 Å². The van der Waals surface area contributed by atoms with Crippen molar-refractivity contribution in [1.82, 2.24) is 0 Å². The molecule has 0 N–H and O–H groups in total. The molecule has 7 heteroatoms. The van der Waals surface area contributed by atoms with Crippen molar-refractivity contribution in [1.29, 1.82) is 0 Å². The molecule has 0 unspecified atom stereocenters. The Bertz CT molecular complexity index is 832. The van der Waals surface area contributed by atoms with Gasteiger partial charge in [0, 0.05) is 5.02 Å². The lowest BCUT2D eigenvalue weighted by molar-refractivity contribution is -0.385. The van der Waals surface area contributed by atoms with E-state index in [0.717, 1.165) is 12.0 Å². The second kappa shape index (κ2) is 6.72. The molecular weight excluding hydrogens is 346 g/mol. The maximum Gasteiger partial charge on any atom is 0.322 e. The molecule has 0 saturated heterocycles. The minimum absolute atomic E-state index is 0.0934. The molecule has 25 heavy (non-hydrogen) atoms. The monoisotopic (exact) mass is 361 g/mol. The van der Waals surface area contributed by atoms with E-state index in [0.29, 0.717) is 23.6 Å². The van der Waals surface area contributed by atoms with Crippen LogP contribution in [-0.2, 0) is 10.2 Å². The Morgan fingerprint density at radius 3 is 2.56 bits per heavy atom. The lowest BCUT2D eigenvalue weighted by Crippen LogP contribution is -2.45. The van der Waals surface area contributed by atoms with Gasteiger partial charge in [-0.05, 0) is 42.7 Å². The van der Waals surface area contributed by atoms with Crippen LogP contribution in [0.2, 0.25) is 5.02 Å². The van der Waals surface area contributed by atoms with Crippen molar-refractivity contribution in [3.8, 4) is 11.5 Å². The molecule has 6 nitrogen and oxygen atoms in total. The van der Waals surface area contributed by atoms with Crippen molar-refractivity contribution in [2.45, 2.75) is 24.7 Å². The van der Waals surface area contributed by atoms with Crippen LogP contribution in [0.1, 0.15) is 24.8 Å². The molecule has 1 aliphatic rings. The Morgan fingerprint density at radius 1 is 1.24 bits per heavy atom. The van der Waals surface area contributed by atoms with Gasteiger partial charge in [-0.15, -0.1) is 0 Å². The first-order valence-electron chi connectivity index (χ1n) is 7.77. The Morgan fingerprint density at radius 2 is 2.00 bits per heavy atom. The normalized spacial score (nSPS) is 15.1. The molecule has 130 valence electrons. The third-order valence-electron chi connectivity index (χ3n) is 4.54. The fourth-order valence-corrected chi connectivity index (χ4v) is 3.17. The molecule has 0 radical (unpaired) electrons. The van der Waals surface area contributed by atoms with Crippen molar-refractivity contribution in [2.24, 2.45) is 0 Å². The number of nitrogens with zero attached hydrogens (tertiary/aromatic N) is 1. The Labute approximate surface area is 149 Å². The van der Waals surface area contributed by atoms with E-state index in [1.165, 1.54) is 25.3 Å². The third-order valence-corrected chi connectivity index (χ3v) is 4.78. The van der Waals surface area contributed by atoms with Gasteiger partial charge in [0.2, 0.25) is 5.75 Å². The lowest BCUT2D eigenvalue weighted by Gasteiger charge is -2.39. The van der Waals surface area contributed by atoms with E-state index in [-0.39, 0.29) is 11.4 Å². The molecule has 0 spiro atoms. The number of benzene rings is 2. The summed E-state index contributed by atoms with van der Waals surface area (Å²) < 4.78 is 10.4. The van der Waals surface area contributed by atoms with Crippen LogP contribution in [0.3, 0.4) is 0 Å². The predicted octanol–water partition coefficient (Wildman–Crippen LogP) is 4.28. The van der Waals surface area contributed by atoms with Crippen LogP contribution in [-0.4, -0.2) is 18.0 Å². The standard InChI is InChI=1S/C18H16ClNO5/c1-24-14-6-7-16(15(11-14)20(22)23)25-17(21)18(8-3-9-18)12-4-2-5-13(19)10-12/h2,4-7,10-11H,3,8-9H2,1H3. The van der Waals surface area contributed by atoms with Gasteiger partial charge in [0.1, 0.15) is 5.75 Å². The fourth-order valence-electron chi connectivity index (χ4n) is 2.98. The van der Waals surface area contributed by atoms with E-state index < -0.39 is 16.3 Å². The molecule has 0 heterocycles. The average molecular weight is 362 g/mol. The van der Waals surface area contributed by atoms with E-state index in [4.69, 9.17) is 21.1 Å². The number of methoxy groups -OCH3 is 1. The van der Waals surface area contributed by atoms with Crippen molar-refractivity contribution in [2.75, 3.05) is 7.11 Å². The first-order valence-corrected chi connectivity index (χ1v) is 8.15. The number of carbonyl (C=O) groups is 1. The van der Waals surface area contributed by atoms with Crippen LogP contribution in [0, 0.1) is 10.1 Å². The van der Waals surface area contributed by atoms with Gasteiger partial charge < -0.3 is 9.47 Å². The van der Waals surface area contributed by atoms with Gasteiger partial charge in [0.15, 0.2) is 0 Å². The average Bonchev–Trinajstić information content (AvgIpc) is 2.54. The zero-order valence-electron chi connectivity index (χ0n) is 13.5. The molecule has 1 fully saturated rings. The summed E-state index contributed by atoms with van der Waals surface area (Å²) in [4.78, 5) is 23.5. The minimum Gasteiger partial charge on any atom is -0.496 e. The Kier molecular flexibility index (Phi) is 4.63. The number of halogens is 1. The van der Waals surface area contributed by atoms with Crippen LogP contribution < -0.4 is 9.47 Å². The first-order chi connectivity index (χ1) is 12.0. The highest BCUT2D eigenvalue weighted by Gasteiger charge is 2.48. The van der Waals surface area contributed by atoms with Crippen molar-refractivity contribution in [3.63, 3.8) is 0 Å². The highest BCUT2D eigenvalue weighted by molar-refractivity contribution is 6.30. The molecule has 1 saturated carbocycles. The molecule has 1 aliphatic carbocycles. The summed E-state index contributed by atoms with van der Waals surface area (Å²) in [5.41, 5.74) is -0.348. The van der Waals surface area contributed by atoms with Gasteiger partial charge in [-0.25, -0.2) is 0 Å². The van der Waals surface area contributed by atoms with E-state index >= 15 is 0 Å². The summed E-state index contributed by atoms with van der Waals surface area (Å²) in [6.45, 7) is 0. The summed E-state index contributed by atoms with van der Waals surface area (Å²) in [5.74, 6) is -0.280. The topological polar surface area (TPSA) is 78.7 Å². The Hall–Kier alpha value is -2.60. The van der Waals surface area contributed by atoms with Crippen molar-refractivity contribution < 1.29 is 19.2 Å². The first kappa shape index (κ1) is 17.2. The molecule has 0 amide bonds. The molecule has 0 atom stereocenters. The van der Waals surface area contributed by atoms with Crippen LogP contribution in [0.5, 0.6) is 11.5 Å². The quantitative estimate of drug-likeness (QED) is 0.343. The second-order valence-corrected chi connectivity index (χ2v) is 6.36. The predicted molar refractivity (Wildman–Crippen MR) is 92.3 cm³/mol. The Balaban J connectivity index is 1.92. The van der Waals surface area contributed by atoms with Crippen molar-refractivity contribution >= 4 is 23.3 Å². The van der Waals surface area contributed by atoms with Crippen LogP contribution in [0.4, 0.5) is 5.69 Å².